The minimum Gasteiger partial charge on any atom is -0.381 e. The van der Waals surface area contributed by atoms with Gasteiger partial charge in [-0.25, -0.2) is 9.37 Å². The molecule has 3 aliphatic heterocycles. The Kier molecular flexibility index (Phi) is 7.78. The molecule has 2 amide bonds. The van der Waals surface area contributed by atoms with Crippen LogP contribution < -0.4 is 5.32 Å². The summed E-state index contributed by atoms with van der Waals surface area (Å²) in [5, 5.41) is 3.15. The van der Waals surface area contributed by atoms with E-state index < -0.39 is 0 Å². The second-order valence-corrected chi connectivity index (χ2v) is 10.9. The lowest BCUT2D eigenvalue weighted by atomic mass is 10.0. The molecule has 2 aromatic rings. The molecule has 0 bridgehead atoms. The van der Waals surface area contributed by atoms with Gasteiger partial charge in [0.05, 0.1) is 29.8 Å². The predicted molar refractivity (Wildman–Crippen MR) is 142 cm³/mol. The first kappa shape index (κ1) is 26.3. The fourth-order valence-corrected chi connectivity index (χ4v) is 6.21. The zero-order chi connectivity index (χ0) is 26.8. The molecular weight excluding hydrogens is 483 g/mol. The van der Waals surface area contributed by atoms with E-state index in [0.717, 1.165) is 50.3 Å². The molecule has 1 aromatic carbocycles. The van der Waals surface area contributed by atoms with Gasteiger partial charge in [-0.3, -0.25) is 9.59 Å². The zero-order valence-electron chi connectivity index (χ0n) is 22.1. The molecule has 7 nitrogen and oxygen atoms in total. The number of pyridine rings is 1. The number of likely N-dealkylation sites (tertiary alicyclic amines) is 2. The van der Waals surface area contributed by atoms with Crippen LogP contribution in [0.25, 0.3) is 0 Å². The molecular formula is C30H35FN4O3. The van der Waals surface area contributed by atoms with Crippen LogP contribution in [0.5, 0.6) is 0 Å². The van der Waals surface area contributed by atoms with Gasteiger partial charge < -0.3 is 19.9 Å². The molecule has 0 spiro atoms. The third kappa shape index (κ3) is 5.59. The lowest BCUT2D eigenvalue weighted by Gasteiger charge is -2.26. The summed E-state index contributed by atoms with van der Waals surface area (Å²) >= 11 is 0. The van der Waals surface area contributed by atoms with Crippen molar-refractivity contribution in [2.75, 3.05) is 45.9 Å². The number of halogens is 1. The Balaban J connectivity index is 1.19. The number of aryl methyl sites for hydroxylation is 2. The second kappa shape index (κ2) is 11.2. The molecule has 1 N–H and O–H groups in total. The van der Waals surface area contributed by atoms with Crippen molar-refractivity contribution >= 4 is 11.8 Å². The quantitative estimate of drug-likeness (QED) is 0.571. The summed E-state index contributed by atoms with van der Waals surface area (Å²) in [4.78, 5) is 34.9. The Morgan fingerprint density at radius 2 is 1.97 bits per heavy atom. The molecule has 200 valence electrons. The van der Waals surface area contributed by atoms with Crippen molar-refractivity contribution in [2.24, 2.45) is 17.8 Å². The number of fused-ring (bicyclic) bond motifs is 1. The molecule has 3 fully saturated rings. The molecule has 0 radical (unpaired) electrons. The smallest absolute Gasteiger partial charge is 0.255 e. The third-order valence-corrected chi connectivity index (χ3v) is 8.21. The van der Waals surface area contributed by atoms with E-state index >= 15 is 0 Å². The minimum atomic E-state index is -0.305. The normalized spacial score (nSPS) is 23.7. The van der Waals surface area contributed by atoms with Crippen molar-refractivity contribution in [3.8, 4) is 12.3 Å². The number of amides is 2. The molecule has 0 saturated carbocycles. The first-order valence-electron chi connectivity index (χ1n) is 13.4. The maximum Gasteiger partial charge on any atom is 0.255 e. The van der Waals surface area contributed by atoms with Gasteiger partial charge >= 0.3 is 0 Å². The Morgan fingerprint density at radius 1 is 1.21 bits per heavy atom. The number of carbonyl (C=O) groups is 2. The molecule has 4 heterocycles. The van der Waals surface area contributed by atoms with Crippen LogP contribution >= 0.6 is 0 Å². The molecule has 8 heteroatoms. The van der Waals surface area contributed by atoms with Crippen molar-refractivity contribution in [3.63, 3.8) is 0 Å². The highest BCUT2D eigenvalue weighted by atomic mass is 19.1. The van der Waals surface area contributed by atoms with E-state index in [-0.39, 0.29) is 29.6 Å². The molecule has 5 rings (SSSR count). The maximum absolute atomic E-state index is 14.0. The van der Waals surface area contributed by atoms with Crippen LogP contribution in [0.4, 0.5) is 4.39 Å². The largest absolute Gasteiger partial charge is 0.381 e. The van der Waals surface area contributed by atoms with E-state index in [2.05, 4.69) is 21.1 Å². The molecule has 4 unspecified atom stereocenters. The highest BCUT2D eigenvalue weighted by molar-refractivity contribution is 5.97. The fourth-order valence-electron chi connectivity index (χ4n) is 6.21. The van der Waals surface area contributed by atoms with Crippen LogP contribution in [-0.4, -0.2) is 72.5 Å². The standard InChI is InChI=1S/C30H35FN4O3/c1-4-26-12-19(2)28(20(3)32-26)30(37)35-16-23-14-34(15-24(23)17-35)10-8-27(21-6-5-7-25(31)13-21)33-29(36)22-9-11-38-18-22/h1,5-7,12-13,22-24,27H,8-11,14-18H2,2-3H3,(H,33,36). The number of rotatable bonds is 7. The fraction of sp³-hybridized carbons (Fsp3) is 0.500. The van der Waals surface area contributed by atoms with Crippen LogP contribution in [-0.2, 0) is 9.53 Å². The van der Waals surface area contributed by atoms with Gasteiger partial charge in [0.2, 0.25) is 5.91 Å². The SMILES string of the molecule is C#Cc1cc(C)c(C(=O)N2CC3CN(CCC(NC(=O)C4CCOC4)c4cccc(F)c4)CC3C2)c(C)n1. The summed E-state index contributed by atoms with van der Waals surface area (Å²) in [7, 11) is 0. The van der Waals surface area contributed by atoms with E-state index in [1.54, 1.807) is 12.1 Å². The van der Waals surface area contributed by atoms with Crippen molar-refractivity contribution in [2.45, 2.75) is 32.7 Å². The van der Waals surface area contributed by atoms with Gasteiger partial charge in [-0.05, 0) is 67.9 Å². The van der Waals surface area contributed by atoms with E-state index in [1.807, 2.05) is 24.8 Å². The second-order valence-electron chi connectivity index (χ2n) is 10.9. The predicted octanol–water partition coefficient (Wildman–Crippen LogP) is 3.11. The average molecular weight is 519 g/mol. The van der Waals surface area contributed by atoms with Crippen LogP contribution in [0.15, 0.2) is 30.3 Å². The Hall–Kier alpha value is -3.28. The summed E-state index contributed by atoms with van der Waals surface area (Å²) in [6.45, 7) is 8.84. The number of nitrogens with one attached hydrogen (secondary N) is 1. The Labute approximate surface area is 223 Å². The van der Waals surface area contributed by atoms with Crippen LogP contribution in [0.2, 0.25) is 0 Å². The lowest BCUT2D eigenvalue weighted by molar-refractivity contribution is -0.125. The maximum atomic E-state index is 14.0. The first-order chi connectivity index (χ1) is 18.3. The number of hydrogen-bond acceptors (Lipinski definition) is 5. The van der Waals surface area contributed by atoms with E-state index in [9.17, 15) is 14.0 Å². The number of aromatic nitrogens is 1. The summed E-state index contributed by atoms with van der Waals surface area (Å²) in [6.07, 6.45) is 6.90. The van der Waals surface area contributed by atoms with Gasteiger partial charge in [0.25, 0.3) is 5.91 Å². The number of nitrogens with zero attached hydrogens (tertiary/aromatic N) is 3. The van der Waals surface area contributed by atoms with Gasteiger partial charge in [0.15, 0.2) is 0 Å². The van der Waals surface area contributed by atoms with Crippen LogP contribution in [0, 0.1) is 49.8 Å². The van der Waals surface area contributed by atoms with Gasteiger partial charge in [-0.1, -0.05) is 18.1 Å². The highest BCUT2D eigenvalue weighted by Gasteiger charge is 2.42. The molecule has 3 aliphatic rings. The highest BCUT2D eigenvalue weighted by Crippen LogP contribution is 2.33. The Morgan fingerprint density at radius 3 is 2.61 bits per heavy atom. The number of terminal acetylenes is 1. The van der Waals surface area contributed by atoms with E-state index in [4.69, 9.17) is 11.2 Å². The third-order valence-electron chi connectivity index (χ3n) is 8.21. The van der Waals surface area contributed by atoms with Gasteiger partial charge in [-0.15, -0.1) is 6.42 Å². The Bertz CT molecular complexity index is 1220. The van der Waals surface area contributed by atoms with Crippen molar-refractivity contribution in [1.29, 1.82) is 0 Å². The lowest BCUT2D eigenvalue weighted by Crippen LogP contribution is -2.37. The van der Waals surface area contributed by atoms with Gasteiger partial charge in [0, 0.05) is 39.3 Å². The molecule has 3 saturated heterocycles. The van der Waals surface area contributed by atoms with Crippen molar-refractivity contribution in [3.05, 3.63) is 64.2 Å². The number of hydrogen-bond donors (Lipinski definition) is 1. The summed E-state index contributed by atoms with van der Waals surface area (Å²) in [6, 6.07) is 8.02. The molecule has 1 aromatic heterocycles. The van der Waals surface area contributed by atoms with Gasteiger partial charge in [-0.2, -0.15) is 0 Å². The molecule has 0 aliphatic carbocycles. The minimum absolute atomic E-state index is 0.0282. The average Bonchev–Trinajstić information content (AvgIpc) is 3.63. The molecule has 4 atom stereocenters. The van der Waals surface area contributed by atoms with Crippen LogP contribution in [0.1, 0.15) is 51.8 Å². The summed E-state index contributed by atoms with van der Waals surface area (Å²) < 4.78 is 19.4. The summed E-state index contributed by atoms with van der Waals surface area (Å²) in [5.41, 5.74) is 3.53. The molecule has 38 heavy (non-hydrogen) atoms. The van der Waals surface area contributed by atoms with Gasteiger partial charge in [0.1, 0.15) is 11.5 Å². The zero-order valence-corrected chi connectivity index (χ0v) is 22.1. The topological polar surface area (TPSA) is 74.8 Å². The number of benzene rings is 1. The number of carbonyl (C=O) groups excluding carboxylic acids is 2. The summed E-state index contributed by atoms with van der Waals surface area (Å²) in [5.74, 6) is 2.92. The van der Waals surface area contributed by atoms with Crippen molar-refractivity contribution in [1.82, 2.24) is 20.1 Å². The number of ether oxygens (including phenoxy) is 1. The van der Waals surface area contributed by atoms with Crippen molar-refractivity contribution < 1.29 is 18.7 Å². The monoisotopic (exact) mass is 518 g/mol. The van der Waals surface area contributed by atoms with E-state index in [0.29, 0.717) is 48.4 Å². The van der Waals surface area contributed by atoms with E-state index in [1.165, 1.54) is 12.1 Å². The van der Waals surface area contributed by atoms with Crippen LogP contribution in [0.3, 0.4) is 0 Å². The first-order valence-corrected chi connectivity index (χ1v) is 13.4.